The Balaban J connectivity index is 1.57. The minimum Gasteiger partial charge on any atom is -0.452 e. The van der Waals surface area contributed by atoms with Gasteiger partial charge in [-0.3, -0.25) is 9.59 Å². The Labute approximate surface area is 165 Å². The monoisotopic (exact) mass is 397 g/mol. The zero-order valence-electron chi connectivity index (χ0n) is 14.9. The van der Waals surface area contributed by atoms with E-state index in [1.807, 2.05) is 0 Å². The third-order valence-electron chi connectivity index (χ3n) is 3.88. The highest BCUT2D eigenvalue weighted by Gasteiger charge is 2.12. The summed E-state index contributed by atoms with van der Waals surface area (Å²) in [6.07, 6.45) is 0. The van der Waals surface area contributed by atoms with Crippen molar-refractivity contribution in [2.75, 3.05) is 19.0 Å². The molecule has 1 aromatic heterocycles. The number of rotatable bonds is 5. The minimum atomic E-state index is -0.623. The van der Waals surface area contributed by atoms with Gasteiger partial charge >= 0.3 is 5.97 Å². The molecule has 0 saturated heterocycles. The van der Waals surface area contributed by atoms with Crippen molar-refractivity contribution in [3.05, 3.63) is 70.9 Å². The maximum atomic E-state index is 12.2. The Bertz CT molecular complexity index is 1050. The van der Waals surface area contributed by atoms with E-state index in [-0.39, 0.29) is 5.91 Å². The number of nitrogens with zero attached hydrogens (tertiary/aromatic N) is 1. The van der Waals surface area contributed by atoms with Crippen molar-refractivity contribution >= 4 is 46.0 Å². The van der Waals surface area contributed by atoms with Crippen LogP contribution in [0, 0.1) is 0 Å². The number of anilines is 1. The number of amides is 2. The molecule has 0 radical (unpaired) electrons. The molecule has 0 fully saturated rings. The Morgan fingerprint density at radius 3 is 2.43 bits per heavy atom. The van der Waals surface area contributed by atoms with Gasteiger partial charge in [0.2, 0.25) is 0 Å². The van der Waals surface area contributed by atoms with Gasteiger partial charge in [0.25, 0.3) is 11.8 Å². The molecule has 0 aliphatic rings. The van der Waals surface area contributed by atoms with Gasteiger partial charge in [0.1, 0.15) is 5.15 Å². The molecule has 8 heteroatoms. The highest BCUT2D eigenvalue weighted by molar-refractivity contribution is 6.29. The fourth-order valence-corrected chi connectivity index (χ4v) is 2.64. The van der Waals surface area contributed by atoms with Gasteiger partial charge in [-0.2, -0.15) is 0 Å². The van der Waals surface area contributed by atoms with Gasteiger partial charge in [0.05, 0.1) is 11.1 Å². The van der Waals surface area contributed by atoms with E-state index < -0.39 is 18.5 Å². The van der Waals surface area contributed by atoms with Crippen molar-refractivity contribution in [1.82, 2.24) is 10.3 Å². The highest BCUT2D eigenvalue weighted by atomic mass is 35.5. The minimum absolute atomic E-state index is 0.223. The van der Waals surface area contributed by atoms with E-state index in [2.05, 4.69) is 15.6 Å². The molecule has 0 aliphatic heterocycles. The van der Waals surface area contributed by atoms with Gasteiger partial charge in [0, 0.05) is 23.7 Å². The van der Waals surface area contributed by atoms with Gasteiger partial charge in [-0.05, 0) is 54.6 Å². The molecule has 0 spiro atoms. The molecule has 1 heterocycles. The van der Waals surface area contributed by atoms with Crippen LogP contribution in [-0.2, 0) is 9.53 Å². The van der Waals surface area contributed by atoms with Crippen LogP contribution in [0.4, 0.5) is 5.69 Å². The Morgan fingerprint density at radius 1 is 1.00 bits per heavy atom. The summed E-state index contributed by atoms with van der Waals surface area (Å²) in [5.41, 5.74) is 1.92. The number of esters is 1. The summed E-state index contributed by atoms with van der Waals surface area (Å²) in [5, 5.41) is 6.21. The van der Waals surface area contributed by atoms with E-state index in [9.17, 15) is 14.4 Å². The largest absolute Gasteiger partial charge is 0.452 e. The van der Waals surface area contributed by atoms with Crippen LogP contribution >= 0.6 is 11.6 Å². The maximum absolute atomic E-state index is 12.2. The third kappa shape index (κ3) is 4.63. The predicted molar refractivity (Wildman–Crippen MR) is 105 cm³/mol. The smallest absolute Gasteiger partial charge is 0.338 e. The normalized spacial score (nSPS) is 10.4. The third-order valence-corrected chi connectivity index (χ3v) is 4.09. The van der Waals surface area contributed by atoms with Crippen molar-refractivity contribution in [3.63, 3.8) is 0 Å². The fourth-order valence-electron chi connectivity index (χ4n) is 2.49. The van der Waals surface area contributed by atoms with Gasteiger partial charge in [-0.1, -0.05) is 11.6 Å². The van der Waals surface area contributed by atoms with Crippen molar-refractivity contribution in [1.29, 1.82) is 0 Å². The predicted octanol–water partition coefficient (Wildman–Crippen LogP) is 3.04. The SMILES string of the molecule is CNC(=O)c1ccc(NC(=O)COC(=O)c2ccc3nc(Cl)ccc3c2)cc1. The second kappa shape index (κ2) is 8.49. The van der Waals surface area contributed by atoms with Crippen LogP contribution in [0.2, 0.25) is 5.15 Å². The van der Waals surface area contributed by atoms with Crippen LogP contribution in [0.25, 0.3) is 10.9 Å². The quantitative estimate of drug-likeness (QED) is 0.509. The number of nitrogens with one attached hydrogen (secondary N) is 2. The average molecular weight is 398 g/mol. The van der Waals surface area contributed by atoms with E-state index >= 15 is 0 Å². The molecule has 3 rings (SSSR count). The first-order chi connectivity index (χ1) is 13.5. The van der Waals surface area contributed by atoms with Crippen molar-refractivity contribution in [3.8, 4) is 0 Å². The number of carbonyl (C=O) groups excluding carboxylic acids is 3. The van der Waals surface area contributed by atoms with Crippen LogP contribution in [0.5, 0.6) is 0 Å². The highest BCUT2D eigenvalue weighted by Crippen LogP contribution is 2.17. The number of pyridine rings is 1. The fraction of sp³-hybridized carbons (Fsp3) is 0.100. The summed E-state index contributed by atoms with van der Waals surface area (Å²) in [4.78, 5) is 39.8. The van der Waals surface area contributed by atoms with Gasteiger partial charge in [-0.15, -0.1) is 0 Å². The molecular formula is C20H16ClN3O4. The molecule has 2 N–H and O–H groups in total. The Morgan fingerprint density at radius 2 is 1.71 bits per heavy atom. The Hall–Kier alpha value is -3.45. The number of benzene rings is 2. The van der Waals surface area contributed by atoms with Crippen LogP contribution in [-0.4, -0.2) is 36.4 Å². The van der Waals surface area contributed by atoms with Gasteiger partial charge in [0.15, 0.2) is 6.61 Å². The van der Waals surface area contributed by atoms with E-state index in [1.165, 1.54) is 7.05 Å². The zero-order valence-corrected chi connectivity index (χ0v) is 15.6. The maximum Gasteiger partial charge on any atom is 0.338 e. The van der Waals surface area contributed by atoms with Crippen LogP contribution in [0.15, 0.2) is 54.6 Å². The molecule has 0 atom stereocenters. The standard InChI is InChI=1S/C20H16ClN3O4/c1-22-19(26)12-2-6-15(7-3-12)23-18(25)11-28-20(27)14-4-8-16-13(10-14)5-9-17(21)24-16/h2-10H,11H2,1H3,(H,22,26)(H,23,25). The molecule has 7 nitrogen and oxygen atoms in total. The lowest BCUT2D eigenvalue weighted by atomic mass is 10.1. The molecule has 0 saturated carbocycles. The first kappa shape index (κ1) is 19.3. The lowest BCUT2D eigenvalue weighted by molar-refractivity contribution is -0.119. The second-order valence-corrected chi connectivity index (χ2v) is 6.21. The van der Waals surface area contributed by atoms with E-state index in [4.69, 9.17) is 16.3 Å². The van der Waals surface area contributed by atoms with Crippen molar-refractivity contribution < 1.29 is 19.1 Å². The number of hydrogen-bond acceptors (Lipinski definition) is 5. The average Bonchev–Trinajstić information content (AvgIpc) is 2.71. The summed E-state index contributed by atoms with van der Waals surface area (Å²) in [7, 11) is 1.54. The summed E-state index contributed by atoms with van der Waals surface area (Å²) in [5.74, 6) is -1.34. The first-order valence-electron chi connectivity index (χ1n) is 8.32. The number of aromatic nitrogens is 1. The molecule has 142 valence electrons. The van der Waals surface area contributed by atoms with Gasteiger partial charge in [-0.25, -0.2) is 9.78 Å². The number of carbonyl (C=O) groups is 3. The number of fused-ring (bicyclic) bond motifs is 1. The van der Waals surface area contributed by atoms with E-state index in [1.54, 1.807) is 54.6 Å². The van der Waals surface area contributed by atoms with Crippen LogP contribution < -0.4 is 10.6 Å². The number of halogens is 1. The summed E-state index contributed by atoms with van der Waals surface area (Å²) < 4.78 is 5.05. The van der Waals surface area contributed by atoms with Crippen LogP contribution in [0.3, 0.4) is 0 Å². The zero-order chi connectivity index (χ0) is 20.1. The van der Waals surface area contributed by atoms with Crippen molar-refractivity contribution in [2.45, 2.75) is 0 Å². The molecule has 2 aromatic carbocycles. The molecule has 0 bridgehead atoms. The van der Waals surface area contributed by atoms with Gasteiger partial charge < -0.3 is 15.4 Å². The molecule has 28 heavy (non-hydrogen) atoms. The second-order valence-electron chi connectivity index (χ2n) is 5.82. The van der Waals surface area contributed by atoms with E-state index in [0.717, 1.165) is 5.39 Å². The van der Waals surface area contributed by atoms with E-state index in [0.29, 0.717) is 27.5 Å². The number of hydrogen-bond donors (Lipinski definition) is 2. The molecule has 3 aromatic rings. The van der Waals surface area contributed by atoms with Crippen LogP contribution in [0.1, 0.15) is 20.7 Å². The van der Waals surface area contributed by atoms with Crippen molar-refractivity contribution in [2.24, 2.45) is 0 Å². The molecule has 2 amide bonds. The molecule has 0 unspecified atom stereocenters. The number of ether oxygens (including phenoxy) is 1. The first-order valence-corrected chi connectivity index (χ1v) is 8.69. The lowest BCUT2D eigenvalue weighted by Crippen LogP contribution is -2.21. The molecule has 0 aliphatic carbocycles. The lowest BCUT2D eigenvalue weighted by Gasteiger charge is -2.08. The Kier molecular flexibility index (Phi) is 5.86. The summed E-state index contributed by atoms with van der Waals surface area (Å²) in [6.45, 7) is -0.438. The topological polar surface area (TPSA) is 97.4 Å². The summed E-state index contributed by atoms with van der Waals surface area (Å²) >= 11 is 5.84. The molecular weight excluding hydrogens is 382 g/mol. The summed E-state index contributed by atoms with van der Waals surface area (Å²) in [6, 6.07) is 14.5.